The van der Waals surface area contributed by atoms with Crippen molar-refractivity contribution in [3.05, 3.63) is 0 Å². The fourth-order valence-corrected chi connectivity index (χ4v) is 2.07. The SMILES string of the molecule is CCCC1CC2OCCC2O1. The Morgan fingerprint density at radius 3 is 3.00 bits per heavy atom. The molecule has 0 saturated carbocycles. The summed E-state index contributed by atoms with van der Waals surface area (Å²) in [7, 11) is 0. The van der Waals surface area contributed by atoms with Crippen molar-refractivity contribution < 1.29 is 9.47 Å². The Hall–Kier alpha value is -0.0800. The van der Waals surface area contributed by atoms with Crippen LogP contribution in [-0.2, 0) is 9.47 Å². The maximum Gasteiger partial charge on any atom is 0.0863 e. The Kier molecular flexibility index (Phi) is 2.14. The van der Waals surface area contributed by atoms with E-state index in [0.717, 1.165) is 19.4 Å². The second-order valence-electron chi connectivity index (χ2n) is 3.52. The second kappa shape index (κ2) is 3.11. The van der Waals surface area contributed by atoms with Gasteiger partial charge in [-0.25, -0.2) is 0 Å². The Morgan fingerprint density at radius 2 is 2.27 bits per heavy atom. The molecule has 2 heterocycles. The molecule has 0 amide bonds. The molecular formula is C9H16O2. The van der Waals surface area contributed by atoms with Gasteiger partial charge in [-0.3, -0.25) is 0 Å². The molecule has 0 radical (unpaired) electrons. The van der Waals surface area contributed by atoms with Gasteiger partial charge >= 0.3 is 0 Å². The zero-order valence-electron chi connectivity index (χ0n) is 7.08. The highest BCUT2D eigenvalue weighted by Gasteiger charge is 2.38. The van der Waals surface area contributed by atoms with Gasteiger partial charge in [0, 0.05) is 13.0 Å². The quantitative estimate of drug-likeness (QED) is 0.606. The van der Waals surface area contributed by atoms with Gasteiger partial charge in [0.1, 0.15) is 0 Å². The smallest absolute Gasteiger partial charge is 0.0863 e. The standard InChI is InChI=1S/C9H16O2/c1-2-3-7-6-9-8(11-7)4-5-10-9/h7-9H,2-6H2,1H3. The number of ether oxygens (including phenoxy) is 2. The number of rotatable bonds is 2. The fourth-order valence-electron chi connectivity index (χ4n) is 2.07. The highest BCUT2D eigenvalue weighted by atomic mass is 16.6. The zero-order valence-corrected chi connectivity index (χ0v) is 7.08. The molecule has 0 aliphatic carbocycles. The van der Waals surface area contributed by atoms with E-state index in [-0.39, 0.29) is 0 Å². The van der Waals surface area contributed by atoms with Crippen LogP contribution in [0.4, 0.5) is 0 Å². The lowest BCUT2D eigenvalue weighted by molar-refractivity contribution is 0.0350. The van der Waals surface area contributed by atoms with Crippen molar-refractivity contribution in [3.63, 3.8) is 0 Å². The summed E-state index contributed by atoms with van der Waals surface area (Å²) in [5.74, 6) is 0. The van der Waals surface area contributed by atoms with E-state index >= 15 is 0 Å². The molecule has 0 aromatic heterocycles. The molecule has 64 valence electrons. The van der Waals surface area contributed by atoms with Gasteiger partial charge in [-0.15, -0.1) is 0 Å². The van der Waals surface area contributed by atoms with Gasteiger partial charge in [0.15, 0.2) is 0 Å². The first kappa shape index (κ1) is 7.56. The molecule has 2 aliphatic heterocycles. The van der Waals surface area contributed by atoms with Gasteiger partial charge in [-0.1, -0.05) is 13.3 Å². The molecule has 0 aromatic carbocycles. The molecule has 2 saturated heterocycles. The first-order valence-electron chi connectivity index (χ1n) is 4.67. The molecular weight excluding hydrogens is 140 g/mol. The van der Waals surface area contributed by atoms with Crippen LogP contribution in [0, 0.1) is 0 Å². The van der Waals surface area contributed by atoms with E-state index in [9.17, 15) is 0 Å². The van der Waals surface area contributed by atoms with Crippen LogP contribution in [0.2, 0.25) is 0 Å². The van der Waals surface area contributed by atoms with Crippen LogP contribution in [0.5, 0.6) is 0 Å². The first-order valence-corrected chi connectivity index (χ1v) is 4.67. The average Bonchev–Trinajstić information content (AvgIpc) is 2.46. The van der Waals surface area contributed by atoms with Crippen LogP contribution in [-0.4, -0.2) is 24.9 Å². The molecule has 3 unspecified atom stereocenters. The monoisotopic (exact) mass is 156 g/mol. The predicted octanol–water partition coefficient (Wildman–Crippen LogP) is 1.73. The molecule has 2 fully saturated rings. The van der Waals surface area contributed by atoms with Crippen molar-refractivity contribution in [1.82, 2.24) is 0 Å². The molecule has 2 nitrogen and oxygen atoms in total. The Balaban J connectivity index is 1.84. The molecule has 0 N–H and O–H groups in total. The summed E-state index contributed by atoms with van der Waals surface area (Å²) in [5, 5.41) is 0. The molecule has 0 aromatic rings. The fraction of sp³-hybridized carbons (Fsp3) is 1.00. The van der Waals surface area contributed by atoms with Crippen molar-refractivity contribution in [2.24, 2.45) is 0 Å². The van der Waals surface area contributed by atoms with E-state index < -0.39 is 0 Å². The molecule has 0 bridgehead atoms. The highest BCUT2D eigenvalue weighted by Crippen LogP contribution is 2.31. The summed E-state index contributed by atoms with van der Waals surface area (Å²) in [4.78, 5) is 0. The summed E-state index contributed by atoms with van der Waals surface area (Å²) in [6, 6.07) is 0. The van der Waals surface area contributed by atoms with Gasteiger partial charge in [0.05, 0.1) is 18.3 Å². The minimum absolute atomic E-state index is 0.437. The van der Waals surface area contributed by atoms with Crippen LogP contribution in [0.3, 0.4) is 0 Å². The van der Waals surface area contributed by atoms with Crippen molar-refractivity contribution in [1.29, 1.82) is 0 Å². The average molecular weight is 156 g/mol. The van der Waals surface area contributed by atoms with E-state index in [1.54, 1.807) is 0 Å². The van der Waals surface area contributed by atoms with Crippen LogP contribution in [0.25, 0.3) is 0 Å². The van der Waals surface area contributed by atoms with Gasteiger partial charge < -0.3 is 9.47 Å². The third-order valence-corrected chi connectivity index (χ3v) is 2.62. The third kappa shape index (κ3) is 1.42. The molecule has 3 atom stereocenters. The zero-order chi connectivity index (χ0) is 7.68. The van der Waals surface area contributed by atoms with E-state index in [1.807, 2.05) is 0 Å². The van der Waals surface area contributed by atoms with E-state index in [2.05, 4.69) is 6.92 Å². The van der Waals surface area contributed by atoms with Gasteiger partial charge in [0.2, 0.25) is 0 Å². The van der Waals surface area contributed by atoms with Crippen molar-refractivity contribution >= 4 is 0 Å². The van der Waals surface area contributed by atoms with Crippen molar-refractivity contribution in [2.45, 2.75) is 50.9 Å². The van der Waals surface area contributed by atoms with E-state index in [0.29, 0.717) is 18.3 Å². The Bertz CT molecular complexity index is 124. The lowest BCUT2D eigenvalue weighted by Gasteiger charge is -2.09. The topological polar surface area (TPSA) is 18.5 Å². The molecule has 2 aliphatic rings. The normalized spacial score (nSPS) is 42.8. The summed E-state index contributed by atoms with van der Waals surface area (Å²) in [6.07, 6.45) is 6.05. The van der Waals surface area contributed by atoms with Gasteiger partial charge in [0.25, 0.3) is 0 Å². The first-order chi connectivity index (χ1) is 5.40. The highest BCUT2D eigenvalue weighted by molar-refractivity contribution is 4.86. The van der Waals surface area contributed by atoms with E-state index in [4.69, 9.17) is 9.47 Å². The van der Waals surface area contributed by atoms with Crippen LogP contribution < -0.4 is 0 Å². The van der Waals surface area contributed by atoms with Crippen LogP contribution in [0.15, 0.2) is 0 Å². The largest absolute Gasteiger partial charge is 0.375 e. The minimum Gasteiger partial charge on any atom is -0.375 e. The van der Waals surface area contributed by atoms with Crippen LogP contribution >= 0.6 is 0 Å². The lowest BCUT2D eigenvalue weighted by Crippen LogP contribution is -2.13. The Morgan fingerprint density at radius 1 is 1.36 bits per heavy atom. The summed E-state index contributed by atoms with van der Waals surface area (Å²) < 4.78 is 11.3. The van der Waals surface area contributed by atoms with Crippen LogP contribution in [0.1, 0.15) is 32.6 Å². The lowest BCUT2D eigenvalue weighted by atomic mass is 10.1. The molecule has 2 rings (SSSR count). The van der Waals surface area contributed by atoms with Crippen molar-refractivity contribution in [2.75, 3.05) is 6.61 Å². The molecule has 2 heteroatoms. The second-order valence-corrected chi connectivity index (χ2v) is 3.52. The third-order valence-electron chi connectivity index (χ3n) is 2.62. The number of hydrogen-bond donors (Lipinski definition) is 0. The number of hydrogen-bond acceptors (Lipinski definition) is 2. The maximum atomic E-state index is 5.80. The summed E-state index contributed by atoms with van der Waals surface area (Å²) in [6.45, 7) is 3.12. The maximum absolute atomic E-state index is 5.80. The molecule has 11 heavy (non-hydrogen) atoms. The number of fused-ring (bicyclic) bond motifs is 1. The van der Waals surface area contributed by atoms with E-state index in [1.165, 1.54) is 12.8 Å². The summed E-state index contributed by atoms with van der Waals surface area (Å²) >= 11 is 0. The Labute approximate surface area is 67.9 Å². The molecule has 0 spiro atoms. The minimum atomic E-state index is 0.437. The van der Waals surface area contributed by atoms with Crippen molar-refractivity contribution in [3.8, 4) is 0 Å². The predicted molar refractivity (Wildman–Crippen MR) is 42.5 cm³/mol. The summed E-state index contributed by atoms with van der Waals surface area (Å²) in [5.41, 5.74) is 0. The van der Waals surface area contributed by atoms with Gasteiger partial charge in [-0.2, -0.15) is 0 Å². The van der Waals surface area contributed by atoms with Gasteiger partial charge in [-0.05, 0) is 12.8 Å².